The molecule has 1 aromatic carbocycles. The first kappa shape index (κ1) is 13.3. The molecule has 1 N–H and O–H groups in total. The summed E-state index contributed by atoms with van der Waals surface area (Å²) >= 11 is 0. The van der Waals surface area contributed by atoms with Crippen LogP contribution in [0.1, 0.15) is 25.0 Å². The number of hydrogen-bond donors (Lipinski definition) is 1. The quantitative estimate of drug-likeness (QED) is 0.894. The summed E-state index contributed by atoms with van der Waals surface area (Å²) in [6, 6.07) is 4.96. The molecule has 1 heterocycles. The van der Waals surface area contributed by atoms with Gasteiger partial charge in [-0.1, -0.05) is 6.07 Å². The average Bonchev–Trinajstić information content (AvgIpc) is 2.77. The van der Waals surface area contributed by atoms with Crippen molar-refractivity contribution in [3.63, 3.8) is 0 Å². The van der Waals surface area contributed by atoms with Crippen LogP contribution in [0.15, 0.2) is 18.2 Å². The van der Waals surface area contributed by atoms with Crippen LogP contribution in [0.2, 0.25) is 0 Å². The van der Waals surface area contributed by atoms with Gasteiger partial charge in [0.1, 0.15) is 5.82 Å². The number of benzene rings is 1. The molecule has 0 saturated carbocycles. The van der Waals surface area contributed by atoms with Gasteiger partial charge in [-0.2, -0.15) is 0 Å². The third-order valence-corrected chi connectivity index (χ3v) is 3.48. The Bertz CT molecular complexity index is 409. The summed E-state index contributed by atoms with van der Waals surface area (Å²) in [5, 5.41) is 9.42. The van der Waals surface area contributed by atoms with Crippen molar-refractivity contribution < 1.29 is 14.2 Å². The predicted molar refractivity (Wildman–Crippen MR) is 69.2 cm³/mol. The lowest BCUT2D eigenvalue weighted by Crippen LogP contribution is -2.22. The Hall–Kier alpha value is -1.13. The van der Waals surface area contributed by atoms with Crippen molar-refractivity contribution >= 4 is 5.69 Å². The van der Waals surface area contributed by atoms with Crippen molar-refractivity contribution in [2.75, 3.05) is 31.7 Å². The van der Waals surface area contributed by atoms with E-state index in [-0.39, 0.29) is 5.82 Å². The van der Waals surface area contributed by atoms with E-state index in [0.29, 0.717) is 17.2 Å². The van der Waals surface area contributed by atoms with Crippen LogP contribution in [0.3, 0.4) is 0 Å². The lowest BCUT2D eigenvalue weighted by molar-refractivity contribution is 0.161. The summed E-state index contributed by atoms with van der Waals surface area (Å²) in [5.41, 5.74) is 1.24. The molecule has 1 aromatic rings. The molecule has 2 rings (SSSR count). The lowest BCUT2D eigenvalue weighted by atomic mass is 10.1. The minimum atomic E-state index is -0.631. The first-order valence-corrected chi connectivity index (χ1v) is 6.33. The molecule has 4 heteroatoms. The predicted octanol–water partition coefficient (Wildman–Crippen LogP) is 2.35. The van der Waals surface area contributed by atoms with Gasteiger partial charge in [-0.15, -0.1) is 0 Å². The van der Waals surface area contributed by atoms with Gasteiger partial charge in [0.15, 0.2) is 0 Å². The van der Waals surface area contributed by atoms with Gasteiger partial charge in [-0.05, 0) is 31.0 Å². The second kappa shape index (κ2) is 5.67. The van der Waals surface area contributed by atoms with E-state index in [0.717, 1.165) is 26.1 Å². The molecule has 2 atom stereocenters. The topological polar surface area (TPSA) is 32.7 Å². The van der Waals surface area contributed by atoms with Crippen molar-refractivity contribution in [1.29, 1.82) is 0 Å². The highest BCUT2D eigenvalue weighted by atomic mass is 19.1. The fourth-order valence-electron chi connectivity index (χ4n) is 2.46. The molecule has 1 unspecified atom stereocenters. The largest absolute Gasteiger partial charge is 0.389 e. The van der Waals surface area contributed by atoms with Gasteiger partial charge in [0, 0.05) is 26.1 Å². The molecule has 100 valence electrons. The van der Waals surface area contributed by atoms with Gasteiger partial charge in [-0.25, -0.2) is 4.39 Å². The molecule has 0 amide bonds. The maximum absolute atomic E-state index is 14.0. The maximum atomic E-state index is 14.0. The number of methoxy groups -OCH3 is 1. The molecule has 0 radical (unpaired) electrons. The van der Waals surface area contributed by atoms with Crippen LogP contribution >= 0.6 is 0 Å². The highest BCUT2D eigenvalue weighted by molar-refractivity contribution is 5.50. The van der Waals surface area contributed by atoms with Crippen molar-refractivity contribution in [2.24, 2.45) is 5.92 Å². The zero-order valence-electron chi connectivity index (χ0n) is 10.9. The Morgan fingerprint density at radius 3 is 2.94 bits per heavy atom. The molecule has 1 aliphatic heterocycles. The second-order valence-electron chi connectivity index (χ2n) is 4.94. The molecule has 1 saturated heterocycles. The van der Waals surface area contributed by atoms with E-state index in [4.69, 9.17) is 4.74 Å². The van der Waals surface area contributed by atoms with Crippen molar-refractivity contribution in [3.8, 4) is 0 Å². The zero-order valence-corrected chi connectivity index (χ0v) is 10.9. The summed E-state index contributed by atoms with van der Waals surface area (Å²) < 4.78 is 19.1. The van der Waals surface area contributed by atoms with Crippen LogP contribution in [0.25, 0.3) is 0 Å². The molecular weight excluding hydrogens is 233 g/mol. The van der Waals surface area contributed by atoms with E-state index in [1.807, 2.05) is 4.90 Å². The Kier molecular flexibility index (Phi) is 4.19. The Balaban J connectivity index is 2.10. The van der Waals surface area contributed by atoms with E-state index in [1.54, 1.807) is 26.2 Å². The second-order valence-corrected chi connectivity index (χ2v) is 4.94. The fourth-order valence-corrected chi connectivity index (χ4v) is 2.46. The third-order valence-electron chi connectivity index (χ3n) is 3.48. The van der Waals surface area contributed by atoms with Crippen LogP contribution in [-0.2, 0) is 4.74 Å². The zero-order chi connectivity index (χ0) is 13.1. The fraction of sp³-hybridized carbons (Fsp3) is 0.571. The van der Waals surface area contributed by atoms with Crippen molar-refractivity contribution in [1.82, 2.24) is 0 Å². The van der Waals surface area contributed by atoms with Gasteiger partial charge >= 0.3 is 0 Å². The van der Waals surface area contributed by atoms with Crippen molar-refractivity contribution in [3.05, 3.63) is 29.6 Å². The highest BCUT2D eigenvalue weighted by Gasteiger charge is 2.24. The summed E-state index contributed by atoms with van der Waals surface area (Å²) in [6.07, 6.45) is 0.402. The number of hydrogen-bond acceptors (Lipinski definition) is 3. The van der Waals surface area contributed by atoms with Gasteiger partial charge in [0.25, 0.3) is 0 Å². The van der Waals surface area contributed by atoms with E-state index in [9.17, 15) is 9.50 Å². The number of anilines is 1. The molecule has 1 aliphatic rings. The minimum Gasteiger partial charge on any atom is -0.389 e. The molecule has 18 heavy (non-hydrogen) atoms. The van der Waals surface area contributed by atoms with Crippen LogP contribution in [-0.4, -0.2) is 31.9 Å². The average molecular weight is 253 g/mol. The number of halogens is 1. The summed E-state index contributed by atoms with van der Waals surface area (Å²) in [5.74, 6) is 0.220. The molecule has 0 spiro atoms. The van der Waals surface area contributed by atoms with Crippen LogP contribution in [0.5, 0.6) is 0 Å². The third kappa shape index (κ3) is 2.82. The number of nitrogens with zero attached hydrogens (tertiary/aromatic N) is 1. The van der Waals surface area contributed by atoms with Gasteiger partial charge in [0.05, 0.1) is 18.4 Å². The van der Waals surface area contributed by atoms with E-state index in [1.165, 1.54) is 6.07 Å². The summed E-state index contributed by atoms with van der Waals surface area (Å²) in [4.78, 5) is 2.05. The first-order valence-electron chi connectivity index (χ1n) is 6.33. The summed E-state index contributed by atoms with van der Waals surface area (Å²) in [6.45, 7) is 4.06. The molecular formula is C14H20FNO2. The van der Waals surface area contributed by atoms with Gasteiger partial charge < -0.3 is 14.7 Å². The molecule has 3 nitrogen and oxygen atoms in total. The van der Waals surface area contributed by atoms with E-state index < -0.39 is 6.10 Å². The SMILES string of the molecule is COCC1CCN(c2ccc([C@@H](C)O)cc2F)C1. The van der Waals surface area contributed by atoms with Crippen molar-refractivity contribution in [2.45, 2.75) is 19.4 Å². The highest BCUT2D eigenvalue weighted by Crippen LogP contribution is 2.28. The van der Waals surface area contributed by atoms with Gasteiger partial charge in [-0.3, -0.25) is 0 Å². The molecule has 0 aromatic heterocycles. The molecule has 0 bridgehead atoms. The van der Waals surface area contributed by atoms with Crippen LogP contribution < -0.4 is 4.90 Å². The standard InChI is InChI=1S/C14H20FNO2/c1-10(17)12-3-4-14(13(15)7-12)16-6-5-11(8-16)9-18-2/h3-4,7,10-11,17H,5-6,8-9H2,1-2H3/t10-,11?/m1/s1. The minimum absolute atomic E-state index is 0.258. The van der Waals surface area contributed by atoms with Crippen LogP contribution in [0.4, 0.5) is 10.1 Å². The summed E-state index contributed by atoms with van der Waals surface area (Å²) in [7, 11) is 1.70. The molecule has 0 aliphatic carbocycles. The van der Waals surface area contributed by atoms with Gasteiger partial charge in [0.2, 0.25) is 0 Å². The van der Waals surface area contributed by atoms with Crippen LogP contribution in [0, 0.1) is 11.7 Å². The number of aliphatic hydroxyl groups excluding tert-OH is 1. The smallest absolute Gasteiger partial charge is 0.146 e. The molecule has 1 fully saturated rings. The Morgan fingerprint density at radius 1 is 1.56 bits per heavy atom. The van der Waals surface area contributed by atoms with E-state index in [2.05, 4.69) is 0 Å². The normalized spacial score (nSPS) is 21.3. The number of ether oxygens (including phenoxy) is 1. The monoisotopic (exact) mass is 253 g/mol. The van der Waals surface area contributed by atoms with E-state index >= 15 is 0 Å². The lowest BCUT2D eigenvalue weighted by Gasteiger charge is -2.20. The number of aliphatic hydroxyl groups is 1. The Labute approximate surface area is 107 Å². The first-order chi connectivity index (χ1) is 8.61. The number of rotatable bonds is 4. The maximum Gasteiger partial charge on any atom is 0.146 e. The Morgan fingerprint density at radius 2 is 2.33 bits per heavy atom.